The van der Waals surface area contributed by atoms with Crippen LogP contribution in [0.4, 0.5) is 0 Å². The number of benzene rings is 2. The molecule has 0 radical (unpaired) electrons. The van der Waals surface area contributed by atoms with Crippen LogP contribution in [0.3, 0.4) is 0 Å². The molecule has 5 heteroatoms. The van der Waals surface area contributed by atoms with Gasteiger partial charge in [-0.25, -0.2) is 0 Å². The van der Waals surface area contributed by atoms with Crippen molar-refractivity contribution < 1.29 is 20.1 Å². The third-order valence-corrected chi connectivity index (χ3v) is 5.09. The molecule has 0 spiro atoms. The highest BCUT2D eigenvalue weighted by Gasteiger charge is 2.36. The minimum atomic E-state index is -0.0993. The number of likely N-dealkylation sites (N-methyl/N-ethyl adjacent to an activating group) is 1. The first-order chi connectivity index (χ1) is 11.0. The number of methoxy groups -OCH3 is 1. The lowest BCUT2D eigenvalue weighted by Gasteiger charge is -2.40. The number of hydrogen-bond donors (Lipinski definition) is 3. The van der Waals surface area contributed by atoms with Gasteiger partial charge in [-0.15, -0.1) is 0 Å². The van der Waals surface area contributed by atoms with E-state index in [1.165, 1.54) is 7.11 Å². The summed E-state index contributed by atoms with van der Waals surface area (Å²) in [6, 6.07) is 5.25. The molecule has 23 heavy (non-hydrogen) atoms. The number of aromatic hydroxyl groups is 3. The normalized spacial score (nSPS) is 19.1. The number of phenols is 3. The lowest BCUT2D eigenvalue weighted by Crippen LogP contribution is -2.35. The van der Waals surface area contributed by atoms with Crippen molar-refractivity contribution in [1.29, 1.82) is 0 Å². The molecule has 5 nitrogen and oxygen atoms in total. The topological polar surface area (TPSA) is 73.2 Å². The highest BCUT2D eigenvalue weighted by atomic mass is 16.5. The monoisotopic (exact) mass is 313 g/mol. The van der Waals surface area contributed by atoms with Gasteiger partial charge in [0.25, 0.3) is 0 Å². The Labute approximate surface area is 134 Å². The maximum Gasteiger partial charge on any atom is 0.165 e. The fourth-order valence-electron chi connectivity index (χ4n) is 3.90. The maximum absolute atomic E-state index is 10.5. The van der Waals surface area contributed by atoms with E-state index < -0.39 is 0 Å². The Balaban J connectivity index is 2.07. The van der Waals surface area contributed by atoms with E-state index in [1.54, 1.807) is 18.2 Å². The van der Waals surface area contributed by atoms with Crippen LogP contribution in [0.1, 0.15) is 22.7 Å². The zero-order valence-corrected chi connectivity index (χ0v) is 13.1. The summed E-state index contributed by atoms with van der Waals surface area (Å²) in [6.45, 7) is 0.902. The van der Waals surface area contributed by atoms with E-state index in [1.807, 2.05) is 0 Å². The lowest BCUT2D eigenvalue weighted by atomic mass is 9.76. The van der Waals surface area contributed by atoms with Gasteiger partial charge in [0.05, 0.1) is 7.11 Å². The van der Waals surface area contributed by atoms with Gasteiger partial charge in [-0.1, -0.05) is 0 Å². The fourth-order valence-corrected chi connectivity index (χ4v) is 3.90. The average Bonchev–Trinajstić information content (AvgIpc) is 2.53. The van der Waals surface area contributed by atoms with Crippen molar-refractivity contribution >= 4 is 0 Å². The summed E-state index contributed by atoms with van der Waals surface area (Å²) in [4.78, 5) is 2.26. The van der Waals surface area contributed by atoms with Gasteiger partial charge >= 0.3 is 0 Å². The molecule has 1 atom stereocenters. The molecule has 0 bridgehead atoms. The zero-order valence-electron chi connectivity index (χ0n) is 13.1. The molecule has 1 unspecified atom stereocenters. The molecule has 2 aromatic rings. The minimum absolute atomic E-state index is 0.0908. The first kappa shape index (κ1) is 14.2. The molecule has 2 aliphatic rings. The van der Waals surface area contributed by atoms with E-state index in [9.17, 15) is 15.3 Å². The van der Waals surface area contributed by atoms with E-state index in [0.29, 0.717) is 11.3 Å². The third kappa shape index (κ3) is 1.90. The van der Waals surface area contributed by atoms with E-state index in [0.717, 1.165) is 41.6 Å². The average molecular weight is 313 g/mol. The van der Waals surface area contributed by atoms with Crippen molar-refractivity contribution in [2.24, 2.45) is 0 Å². The van der Waals surface area contributed by atoms with Crippen molar-refractivity contribution in [3.8, 4) is 34.1 Å². The van der Waals surface area contributed by atoms with Crippen LogP contribution in [-0.4, -0.2) is 40.9 Å². The summed E-state index contributed by atoms with van der Waals surface area (Å²) in [6.07, 6.45) is 1.60. The van der Waals surface area contributed by atoms with E-state index in [-0.39, 0.29) is 23.3 Å². The number of ether oxygens (including phenoxy) is 1. The van der Waals surface area contributed by atoms with E-state index in [2.05, 4.69) is 11.9 Å². The number of rotatable bonds is 1. The van der Waals surface area contributed by atoms with Crippen LogP contribution in [0.5, 0.6) is 23.0 Å². The molecule has 1 aliphatic carbocycles. The molecule has 2 aromatic carbocycles. The summed E-state index contributed by atoms with van der Waals surface area (Å²) in [5.74, 6) is 0.260. The number of hydrogen-bond acceptors (Lipinski definition) is 5. The summed E-state index contributed by atoms with van der Waals surface area (Å²) >= 11 is 0. The van der Waals surface area contributed by atoms with Crippen molar-refractivity contribution in [3.05, 3.63) is 34.9 Å². The van der Waals surface area contributed by atoms with Crippen LogP contribution in [0.25, 0.3) is 11.1 Å². The molecule has 0 saturated heterocycles. The molecule has 4 rings (SSSR count). The van der Waals surface area contributed by atoms with Gasteiger partial charge in [-0.3, -0.25) is 4.90 Å². The Kier molecular flexibility index (Phi) is 2.96. The molecule has 0 amide bonds. The fraction of sp³-hybridized carbons (Fsp3) is 0.333. The zero-order chi connectivity index (χ0) is 16.3. The minimum Gasteiger partial charge on any atom is -0.504 e. The second kappa shape index (κ2) is 4.80. The predicted octanol–water partition coefficient (Wildman–Crippen LogP) is 2.56. The summed E-state index contributed by atoms with van der Waals surface area (Å²) < 4.78 is 5.21. The quantitative estimate of drug-likeness (QED) is 0.706. The SMILES string of the molecule is COc1cc2c(cc1O)CC1c3c(cc(O)c(O)c3-2)CCN1C. The van der Waals surface area contributed by atoms with Gasteiger partial charge < -0.3 is 20.1 Å². The molecule has 0 aromatic heterocycles. The largest absolute Gasteiger partial charge is 0.504 e. The van der Waals surface area contributed by atoms with Gasteiger partial charge in [0.15, 0.2) is 23.0 Å². The molecule has 3 N–H and O–H groups in total. The van der Waals surface area contributed by atoms with E-state index >= 15 is 0 Å². The number of nitrogens with zero attached hydrogens (tertiary/aromatic N) is 1. The van der Waals surface area contributed by atoms with Crippen molar-refractivity contribution in [3.63, 3.8) is 0 Å². The molecule has 1 aliphatic heterocycles. The van der Waals surface area contributed by atoms with Crippen LogP contribution in [0.15, 0.2) is 18.2 Å². The van der Waals surface area contributed by atoms with Gasteiger partial charge in [-0.05, 0) is 60.3 Å². The number of fused-ring (bicyclic) bond motifs is 2. The molecular formula is C18H19NO4. The second-order valence-corrected chi connectivity index (χ2v) is 6.32. The summed E-state index contributed by atoms with van der Waals surface area (Å²) in [5.41, 5.74) is 4.58. The molecular weight excluding hydrogens is 294 g/mol. The summed E-state index contributed by atoms with van der Waals surface area (Å²) in [5, 5.41) is 30.7. The highest BCUT2D eigenvalue weighted by Crippen LogP contribution is 2.53. The van der Waals surface area contributed by atoms with Gasteiger partial charge in [-0.2, -0.15) is 0 Å². The smallest absolute Gasteiger partial charge is 0.165 e. The van der Waals surface area contributed by atoms with Crippen molar-refractivity contribution in [2.75, 3.05) is 20.7 Å². The second-order valence-electron chi connectivity index (χ2n) is 6.32. The Hall–Kier alpha value is -2.40. The van der Waals surface area contributed by atoms with Gasteiger partial charge in [0.1, 0.15) is 0 Å². The van der Waals surface area contributed by atoms with Gasteiger partial charge in [0.2, 0.25) is 0 Å². The predicted molar refractivity (Wildman–Crippen MR) is 86.2 cm³/mol. The van der Waals surface area contributed by atoms with Crippen LogP contribution in [-0.2, 0) is 12.8 Å². The molecule has 0 fully saturated rings. The van der Waals surface area contributed by atoms with E-state index in [4.69, 9.17) is 4.74 Å². The molecule has 0 saturated carbocycles. The van der Waals surface area contributed by atoms with Crippen LogP contribution in [0, 0.1) is 0 Å². The first-order valence-electron chi connectivity index (χ1n) is 7.69. The lowest BCUT2D eigenvalue weighted by molar-refractivity contribution is 0.226. The Bertz CT molecular complexity index is 815. The Morgan fingerprint density at radius 3 is 2.57 bits per heavy atom. The van der Waals surface area contributed by atoms with Crippen molar-refractivity contribution in [1.82, 2.24) is 4.90 Å². The highest BCUT2D eigenvalue weighted by molar-refractivity contribution is 5.84. The maximum atomic E-state index is 10.5. The van der Waals surface area contributed by atoms with Crippen LogP contribution >= 0.6 is 0 Å². The van der Waals surface area contributed by atoms with Gasteiger partial charge in [0, 0.05) is 18.2 Å². The molecule has 1 heterocycles. The Morgan fingerprint density at radius 1 is 1.09 bits per heavy atom. The van der Waals surface area contributed by atoms with Crippen LogP contribution in [0.2, 0.25) is 0 Å². The number of phenolic OH excluding ortho intramolecular Hbond substituents is 3. The van der Waals surface area contributed by atoms with Crippen molar-refractivity contribution in [2.45, 2.75) is 18.9 Å². The third-order valence-electron chi connectivity index (χ3n) is 5.09. The molecule has 120 valence electrons. The summed E-state index contributed by atoms with van der Waals surface area (Å²) in [7, 11) is 3.56. The first-order valence-corrected chi connectivity index (χ1v) is 7.69. The standard InChI is InChI=1S/C18H19NO4/c1-19-4-3-9-6-14(21)18(22)17-11-8-15(23-2)13(20)7-10(11)5-12(19)16(9)17/h6-8,12,20-22H,3-5H2,1-2H3. The Morgan fingerprint density at radius 2 is 1.83 bits per heavy atom. The van der Waals surface area contributed by atoms with Crippen LogP contribution < -0.4 is 4.74 Å².